The Labute approximate surface area is 143 Å². The molecule has 0 atom stereocenters. The van der Waals surface area contributed by atoms with Crippen LogP contribution >= 0.6 is 0 Å². The lowest BCUT2D eigenvalue weighted by Crippen LogP contribution is -2.44. The van der Waals surface area contributed by atoms with Crippen LogP contribution in [0.3, 0.4) is 0 Å². The summed E-state index contributed by atoms with van der Waals surface area (Å²) in [6.07, 6.45) is 2.04. The first-order chi connectivity index (χ1) is 11.7. The molecule has 0 spiro atoms. The highest BCUT2D eigenvalue weighted by atomic mass is 16.5. The molecule has 4 nitrogen and oxygen atoms in total. The third-order valence-corrected chi connectivity index (χ3v) is 4.39. The Bertz CT molecular complexity index is 707. The number of nitrogens with zero attached hydrogens (tertiary/aromatic N) is 1. The van der Waals surface area contributed by atoms with E-state index in [9.17, 15) is 4.79 Å². The van der Waals surface area contributed by atoms with Gasteiger partial charge < -0.3 is 10.1 Å². The average Bonchev–Trinajstić information content (AvgIpc) is 2.60. The zero-order valence-corrected chi connectivity index (χ0v) is 14.3. The maximum Gasteiger partial charge on any atom is 0.321 e. The molecule has 1 N–H and O–H groups in total. The van der Waals surface area contributed by atoms with Gasteiger partial charge in [0.1, 0.15) is 12.4 Å². The molecule has 24 heavy (non-hydrogen) atoms. The summed E-state index contributed by atoms with van der Waals surface area (Å²) in [6, 6.07) is 14.2. The highest BCUT2D eigenvalue weighted by molar-refractivity contribution is 5.93. The van der Waals surface area contributed by atoms with Crippen LogP contribution in [0.15, 0.2) is 42.5 Å². The lowest BCUT2D eigenvalue weighted by molar-refractivity contribution is 0.241. The fourth-order valence-corrected chi connectivity index (χ4v) is 3.18. The Balaban J connectivity index is 1.54. The van der Waals surface area contributed by atoms with Gasteiger partial charge in [-0.2, -0.15) is 0 Å². The molecule has 4 heteroatoms. The van der Waals surface area contributed by atoms with Gasteiger partial charge in [-0.1, -0.05) is 36.4 Å². The molecule has 0 aromatic heterocycles. The maximum absolute atomic E-state index is 12.5. The number of hydrogen-bond donors (Lipinski definition) is 1. The smallest absolute Gasteiger partial charge is 0.321 e. The van der Waals surface area contributed by atoms with E-state index in [0.29, 0.717) is 13.2 Å². The van der Waals surface area contributed by atoms with Crippen molar-refractivity contribution in [2.45, 2.75) is 26.7 Å². The third kappa shape index (κ3) is 3.53. The summed E-state index contributed by atoms with van der Waals surface area (Å²) in [5.74, 6) is 0.912. The number of carbonyl (C=O) groups excluding carboxylic acids is 1. The predicted octanol–water partition coefficient (Wildman–Crippen LogP) is 3.84. The molecule has 0 fully saturated rings. The van der Waals surface area contributed by atoms with E-state index in [0.717, 1.165) is 42.0 Å². The van der Waals surface area contributed by atoms with Crippen molar-refractivity contribution in [1.29, 1.82) is 0 Å². The summed E-state index contributed by atoms with van der Waals surface area (Å²) < 4.78 is 5.84. The molecular weight excluding hydrogens is 300 g/mol. The molecule has 2 amide bonds. The molecular formula is C20H24N2O2. The Morgan fingerprint density at radius 3 is 2.67 bits per heavy atom. The Hall–Kier alpha value is -2.49. The van der Waals surface area contributed by atoms with Crippen molar-refractivity contribution < 1.29 is 9.53 Å². The number of para-hydroxylation sites is 2. The van der Waals surface area contributed by atoms with Gasteiger partial charge in [0.25, 0.3) is 0 Å². The summed E-state index contributed by atoms with van der Waals surface area (Å²) in [5.41, 5.74) is 4.50. The van der Waals surface area contributed by atoms with Gasteiger partial charge in [-0.3, -0.25) is 4.90 Å². The zero-order valence-electron chi connectivity index (χ0n) is 14.3. The van der Waals surface area contributed by atoms with E-state index in [-0.39, 0.29) is 6.03 Å². The summed E-state index contributed by atoms with van der Waals surface area (Å²) in [4.78, 5) is 14.3. The number of ether oxygens (including phenoxy) is 1. The first-order valence-electron chi connectivity index (χ1n) is 8.49. The second kappa shape index (κ2) is 7.39. The van der Waals surface area contributed by atoms with E-state index in [4.69, 9.17) is 4.74 Å². The third-order valence-electron chi connectivity index (χ3n) is 4.39. The van der Waals surface area contributed by atoms with E-state index >= 15 is 0 Å². The number of aryl methyl sites for hydroxylation is 3. The van der Waals surface area contributed by atoms with Crippen LogP contribution in [0.25, 0.3) is 0 Å². The highest BCUT2D eigenvalue weighted by Gasteiger charge is 2.21. The fraction of sp³-hybridized carbons (Fsp3) is 0.350. The number of urea groups is 1. The molecule has 3 rings (SSSR count). The van der Waals surface area contributed by atoms with Crippen LogP contribution in [0.4, 0.5) is 10.5 Å². The minimum absolute atomic E-state index is 0.0488. The first-order valence-corrected chi connectivity index (χ1v) is 8.49. The summed E-state index contributed by atoms with van der Waals surface area (Å²) >= 11 is 0. The van der Waals surface area contributed by atoms with Crippen LogP contribution in [0.2, 0.25) is 0 Å². The Morgan fingerprint density at radius 1 is 1.12 bits per heavy atom. The van der Waals surface area contributed by atoms with Gasteiger partial charge in [-0.15, -0.1) is 0 Å². The number of amides is 2. The number of hydrogen-bond acceptors (Lipinski definition) is 2. The summed E-state index contributed by atoms with van der Waals surface area (Å²) in [7, 11) is 0. The van der Waals surface area contributed by atoms with Gasteiger partial charge in [0.15, 0.2) is 0 Å². The minimum Gasteiger partial charge on any atom is -0.491 e. The molecule has 126 valence electrons. The van der Waals surface area contributed by atoms with Crippen molar-refractivity contribution in [2.75, 3.05) is 24.6 Å². The highest BCUT2D eigenvalue weighted by Crippen LogP contribution is 2.26. The Kier molecular flexibility index (Phi) is 5.04. The van der Waals surface area contributed by atoms with Crippen LogP contribution in [0.1, 0.15) is 23.1 Å². The molecule has 0 radical (unpaired) electrons. The van der Waals surface area contributed by atoms with Gasteiger partial charge in [-0.25, -0.2) is 4.79 Å². The maximum atomic E-state index is 12.5. The van der Waals surface area contributed by atoms with E-state index in [1.807, 2.05) is 55.1 Å². The molecule has 0 aliphatic carbocycles. The fourth-order valence-electron chi connectivity index (χ4n) is 3.18. The molecule has 0 saturated heterocycles. The van der Waals surface area contributed by atoms with Crippen LogP contribution < -0.4 is 15.0 Å². The number of rotatable bonds is 4. The number of anilines is 1. The quantitative estimate of drug-likeness (QED) is 0.868. The Morgan fingerprint density at radius 2 is 1.88 bits per heavy atom. The van der Waals surface area contributed by atoms with Gasteiger partial charge in [0.2, 0.25) is 0 Å². The molecule has 1 aliphatic rings. The van der Waals surface area contributed by atoms with E-state index in [2.05, 4.69) is 11.4 Å². The van der Waals surface area contributed by atoms with Crippen molar-refractivity contribution in [2.24, 2.45) is 0 Å². The molecule has 2 aromatic rings. The first kappa shape index (κ1) is 16.4. The van der Waals surface area contributed by atoms with Crippen molar-refractivity contribution in [3.8, 4) is 5.75 Å². The van der Waals surface area contributed by atoms with E-state index in [1.54, 1.807) is 0 Å². The monoisotopic (exact) mass is 324 g/mol. The van der Waals surface area contributed by atoms with E-state index < -0.39 is 0 Å². The van der Waals surface area contributed by atoms with Crippen LogP contribution in [-0.4, -0.2) is 25.7 Å². The lowest BCUT2D eigenvalue weighted by atomic mass is 10.0. The zero-order chi connectivity index (χ0) is 16.9. The second-order valence-corrected chi connectivity index (χ2v) is 6.19. The van der Waals surface area contributed by atoms with Crippen molar-refractivity contribution in [3.63, 3.8) is 0 Å². The normalized spacial score (nSPS) is 13.3. The number of carbonyl (C=O) groups is 1. The molecule has 2 aromatic carbocycles. The molecule has 1 heterocycles. The van der Waals surface area contributed by atoms with Crippen LogP contribution in [-0.2, 0) is 6.42 Å². The van der Waals surface area contributed by atoms with Crippen molar-refractivity contribution >= 4 is 11.7 Å². The predicted molar refractivity (Wildman–Crippen MR) is 96.9 cm³/mol. The molecule has 1 aliphatic heterocycles. The second-order valence-electron chi connectivity index (χ2n) is 6.19. The van der Waals surface area contributed by atoms with E-state index in [1.165, 1.54) is 5.56 Å². The van der Waals surface area contributed by atoms with Gasteiger partial charge >= 0.3 is 6.03 Å². The van der Waals surface area contributed by atoms with Crippen molar-refractivity contribution in [1.82, 2.24) is 5.32 Å². The SMILES string of the molecule is Cc1cccc(C)c1OCCNC(=O)N1CCCc2ccccc21. The topological polar surface area (TPSA) is 41.6 Å². The summed E-state index contributed by atoms with van der Waals surface area (Å²) in [5, 5.41) is 2.96. The average molecular weight is 324 g/mol. The number of fused-ring (bicyclic) bond motifs is 1. The van der Waals surface area contributed by atoms with Crippen LogP contribution in [0, 0.1) is 13.8 Å². The lowest BCUT2D eigenvalue weighted by Gasteiger charge is -2.29. The van der Waals surface area contributed by atoms with Gasteiger partial charge in [0, 0.05) is 12.2 Å². The van der Waals surface area contributed by atoms with Crippen molar-refractivity contribution in [3.05, 3.63) is 59.2 Å². The number of benzene rings is 2. The molecule has 0 unspecified atom stereocenters. The van der Waals surface area contributed by atoms with Crippen LogP contribution in [0.5, 0.6) is 5.75 Å². The van der Waals surface area contributed by atoms with Gasteiger partial charge in [0.05, 0.1) is 6.54 Å². The largest absolute Gasteiger partial charge is 0.491 e. The van der Waals surface area contributed by atoms with Gasteiger partial charge in [-0.05, 0) is 49.4 Å². The summed E-state index contributed by atoms with van der Waals surface area (Å²) in [6.45, 7) is 5.79. The standard InChI is InChI=1S/C20H24N2O2/c1-15-7-5-8-16(2)19(15)24-14-12-21-20(23)22-13-6-10-17-9-3-4-11-18(17)22/h3-5,7-9,11H,6,10,12-14H2,1-2H3,(H,21,23). The number of nitrogens with one attached hydrogen (secondary N) is 1. The molecule has 0 bridgehead atoms. The minimum atomic E-state index is -0.0488. The molecule has 0 saturated carbocycles.